The first-order valence-electron chi connectivity index (χ1n) is 5.66. The van der Waals surface area contributed by atoms with Crippen molar-refractivity contribution < 1.29 is 13.6 Å². The minimum Gasteiger partial charge on any atom is -0.292 e. The SMILES string of the molecule is N#CC(C(=O)c1ccc(Cl)cc1)c1cc(F)cc(F)c1. The number of nitrogens with zero attached hydrogens (tertiary/aromatic N) is 1. The second-order valence-electron chi connectivity index (χ2n) is 4.14. The van der Waals surface area contributed by atoms with Gasteiger partial charge in [0, 0.05) is 16.7 Å². The summed E-state index contributed by atoms with van der Waals surface area (Å²) >= 11 is 5.71. The van der Waals surface area contributed by atoms with Crippen molar-refractivity contribution in [2.45, 2.75) is 5.92 Å². The third-order valence-corrected chi connectivity index (χ3v) is 2.99. The number of carbonyl (C=O) groups excluding carboxylic acids is 1. The summed E-state index contributed by atoms with van der Waals surface area (Å²) in [6.45, 7) is 0. The van der Waals surface area contributed by atoms with Crippen molar-refractivity contribution in [3.63, 3.8) is 0 Å². The van der Waals surface area contributed by atoms with Crippen LogP contribution < -0.4 is 0 Å². The van der Waals surface area contributed by atoms with Crippen LogP contribution in [0.15, 0.2) is 42.5 Å². The zero-order valence-electron chi connectivity index (χ0n) is 10.1. The highest BCUT2D eigenvalue weighted by molar-refractivity contribution is 6.30. The van der Waals surface area contributed by atoms with Gasteiger partial charge in [-0.05, 0) is 42.0 Å². The molecule has 0 fully saturated rings. The Morgan fingerprint density at radius 2 is 1.65 bits per heavy atom. The van der Waals surface area contributed by atoms with Gasteiger partial charge < -0.3 is 0 Å². The number of halogens is 3. The van der Waals surface area contributed by atoms with E-state index in [1.807, 2.05) is 0 Å². The molecular formula is C15H8ClF2NO. The summed E-state index contributed by atoms with van der Waals surface area (Å²) in [5.41, 5.74) is 0.246. The number of rotatable bonds is 3. The number of hydrogen-bond acceptors (Lipinski definition) is 2. The summed E-state index contributed by atoms with van der Waals surface area (Å²) in [6, 6.07) is 10.4. The molecule has 0 aromatic heterocycles. The lowest BCUT2D eigenvalue weighted by Gasteiger charge is -2.09. The van der Waals surface area contributed by atoms with E-state index in [2.05, 4.69) is 0 Å². The summed E-state index contributed by atoms with van der Waals surface area (Å²) in [5.74, 6) is -3.45. The molecule has 2 aromatic carbocycles. The maximum absolute atomic E-state index is 13.2. The van der Waals surface area contributed by atoms with Crippen molar-refractivity contribution >= 4 is 17.4 Å². The average Bonchev–Trinajstić information content (AvgIpc) is 2.39. The fourth-order valence-corrected chi connectivity index (χ4v) is 1.93. The molecular weight excluding hydrogens is 284 g/mol. The molecule has 0 radical (unpaired) electrons. The van der Waals surface area contributed by atoms with Crippen LogP contribution in [-0.4, -0.2) is 5.78 Å². The normalized spacial score (nSPS) is 11.7. The Labute approximate surface area is 119 Å². The molecule has 0 saturated carbocycles. The van der Waals surface area contributed by atoms with E-state index >= 15 is 0 Å². The maximum Gasteiger partial charge on any atom is 0.184 e. The smallest absolute Gasteiger partial charge is 0.184 e. The minimum atomic E-state index is -1.26. The van der Waals surface area contributed by atoms with Crippen LogP contribution in [-0.2, 0) is 0 Å². The van der Waals surface area contributed by atoms with Crippen molar-refractivity contribution in [3.05, 3.63) is 70.2 Å². The van der Waals surface area contributed by atoms with Gasteiger partial charge in [-0.2, -0.15) is 5.26 Å². The molecule has 0 N–H and O–H groups in total. The van der Waals surface area contributed by atoms with Gasteiger partial charge >= 0.3 is 0 Å². The molecule has 0 spiro atoms. The molecule has 0 saturated heterocycles. The van der Waals surface area contributed by atoms with Crippen LogP contribution in [0.1, 0.15) is 21.8 Å². The summed E-state index contributed by atoms with van der Waals surface area (Å²) < 4.78 is 26.3. The van der Waals surface area contributed by atoms with Crippen molar-refractivity contribution in [2.24, 2.45) is 0 Å². The maximum atomic E-state index is 13.2. The van der Waals surface area contributed by atoms with E-state index in [-0.39, 0.29) is 11.1 Å². The molecule has 0 heterocycles. The molecule has 2 aromatic rings. The first kappa shape index (κ1) is 14.2. The molecule has 0 amide bonds. The van der Waals surface area contributed by atoms with Gasteiger partial charge in [0.05, 0.1) is 6.07 Å². The lowest BCUT2D eigenvalue weighted by atomic mass is 9.92. The Balaban J connectivity index is 2.39. The lowest BCUT2D eigenvalue weighted by molar-refractivity contribution is 0.0979. The van der Waals surface area contributed by atoms with Gasteiger partial charge in [-0.15, -0.1) is 0 Å². The largest absolute Gasteiger partial charge is 0.292 e. The predicted molar refractivity (Wildman–Crippen MR) is 70.5 cm³/mol. The fraction of sp³-hybridized carbons (Fsp3) is 0.0667. The quantitative estimate of drug-likeness (QED) is 0.799. The Morgan fingerprint density at radius 1 is 1.10 bits per heavy atom. The summed E-state index contributed by atoms with van der Waals surface area (Å²) in [7, 11) is 0. The van der Waals surface area contributed by atoms with Gasteiger partial charge in [0.25, 0.3) is 0 Å². The molecule has 0 aliphatic carbocycles. The second-order valence-corrected chi connectivity index (χ2v) is 4.57. The molecule has 0 bridgehead atoms. The van der Waals surface area contributed by atoms with Crippen LogP contribution in [0.5, 0.6) is 0 Å². The van der Waals surface area contributed by atoms with Gasteiger partial charge in [0.15, 0.2) is 5.78 Å². The van der Waals surface area contributed by atoms with Crippen LogP contribution in [0.2, 0.25) is 5.02 Å². The van der Waals surface area contributed by atoms with Gasteiger partial charge in [-0.25, -0.2) is 8.78 Å². The Hall–Kier alpha value is -2.25. The van der Waals surface area contributed by atoms with E-state index in [4.69, 9.17) is 16.9 Å². The molecule has 1 unspecified atom stereocenters. The first-order valence-corrected chi connectivity index (χ1v) is 6.04. The minimum absolute atomic E-state index is 0.00931. The Kier molecular flexibility index (Phi) is 4.11. The molecule has 0 aliphatic rings. The van der Waals surface area contributed by atoms with Crippen molar-refractivity contribution in [2.75, 3.05) is 0 Å². The summed E-state index contributed by atoms with van der Waals surface area (Å²) in [6.07, 6.45) is 0. The molecule has 0 aliphatic heterocycles. The molecule has 1 atom stereocenters. The van der Waals surface area contributed by atoms with Crippen molar-refractivity contribution in [1.82, 2.24) is 0 Å². The van der Waals surface area contributed by atoms with Gasteiger partial charge in [0.2, 0.25) is 0 Å². The Morgan fingerprint density at radius 3 is 2.15 bits per heavy atom. The van der Waals surface area contributed by atoms with Crippen LogP contribution in [0.3, 0.4) is 0 Å². The lowest BCUT2D eigenvalue weighted by Crippen LogP contribution is -2.11. The number of carbonyl (C=O) groups is 1. The van der Waals surface area contributed by atoms with E-state index in [9.17, 15) is 13.6 Å². The fourth-order valence-electron chi connectivity index (χ4n) is 1.81. The number of benzene rings is 2. The average molecular weight is 292 g/mol. The van der Waals surface area contributed by atoms with Gasteiger partial charge in [-0.1, -0.05) is 11.6 Å². The molecule has 2 nitrogen and oxygen atoms in total. The van der Waals surface area contributed by atoms with Crippen molar-refractivity contribution in [1.29, 1.82) is 5.26 Å². The topological polar surface area (TPSA) is 40.9 Å². The number of ketones is 1. The third kappa shape index (κ3) is 3.01. The summed E-state index contributed by atoms with van der Waals surface area (Å²) in [5, 5.41) is 9.56. The number of hydrogen-bond donors (Lipinski definition) is 0. The van der Waals surface area contributed by atoms with E-state index in [0.29, 0.717) is 11.1 Å². The van der Waals surface area contributed by atoms with E-state index in [1.54, 1.807) is 6.07 Å². The highest BCUT2D eigenvalue weighted by Crippen LogP contribution is 2.23. The molecule has 5 heteroatoms. The van der Waals surface area contributed by atoms with Crippen LogP contribution >= 0.6 is 11.6 Å². The van der Waals surface area contributed by atoms with Crippen LogP contribution in [0.4, 0.5) is 8.78 Å². The van der Waals surface area contributed by atoms with E-state index < -0.39 is 23.3 Å². The zero-order chi connectivity index (χ0) is 14.7. The van der Waals surface area contributed by atoms with Gasteiger partial charge in [0.1, 0.15) is 17.6 Å². The molecule has 100 valence electrons. The highest BCUT2D eigenvalue weighted by Gasteiger charge is 2.23. The highest BCUT2D eigenvalue weighted by atomic mass is 35.5. The second kappa shape index (κ2) is 5.81. The zero-order valence-corrected chi connectivity index (χ0v) is 10.9. The first-order chi connectivity index (χ1) is 9.51. The van der Waals surface area contributed by atoms with E-state index in [1.165, 1.54) is 24.3 Å². The standard InChI is InChI=1S/C15H8ClF2NO/c16-11-3-1-9(2-4-11)15(20)14(8-19)10-5-12(17)7-13(18)6-10/h1-7,14H. The Bertz CT molecular complexity index is 672. The predicted octanol–water partition coefficient (Wildman–Crippen LogP) is 4.11. The third-order valence-electron chi connectivity index (χ3n) is 2.74. The molecule has 20 heavy (non-hydrogen) atoms. The summed E-state index contributed by atoms with van der Waals surface area (Å²) in [4.78, 5) is 12.2. The van der Waals surface area contributed by atoms with Gasteiger partial charge in [-0.3, -0.25) is 4.79 Å². The number of nitriles is 1. The van der Waals surface area contributed by atoms with Crippen LogP contribution in [0, 0.1) is 23.0 Å². The van der Waals surface area contributed by atoms with E-state index in [0.717, 1.165) is 12.1 Å². The van der Waals surface area contributed by atoms with Crippen LogP contribution in [0.25, 0.3) is 0 Å². The monoisotopic (exact) mass is 291 g/mol. The van der Waals surface area contributed by atoms with Crippen molar-refractivity contribution in [3.8, 4) is 6.07 Å². The molecule has 2 rings (SSSR count). The number of Topliss-reactive ketones (excluding diaryl/α,β-unsaturated/α-hetero) is 1.